The van der Waals surface area contributed by atoms with Crippen molar-refractivity contribution in [2.75, 3.05) is 0 Å². The summed E-state index contributed by atoms with van der Waals surface area (Å²) in [5, 5.41) is 9.64. The van der Waals surface area contributed by atoms with Gasteiger partial charge in [-0.2, -0.15) is 0 Å². The maximum atomic E-state index is 12.1. The van der Waals surface area contributed by atoms with Gasteiger partial charge in [-0.15, -0.1) is 0 Å². The van der Waals surface area contributed by atoms with Crippen LogP contribution in [0.2, 0.25) is 0 Å². The summed E-state index contributed by atoms with van der Waals surface area (Å²) in [6.45, 7) is 0. The van der Waals surface area contributed by atoms with Crippen molar-refractivity contribution >= 4 is 21.7 Å². The molecule has 2 rings (SSSR count). The molecule has 0 bridgehead atoms. The maximum absolute atomic E-state index is 12.1. The highest BCUT2D eigenvalue weighted by atomic mass is 79.9. The highest BCUT2D eigenvalue weighted by Gasteiger charge is 2.15. The molecule has 16 heavy (non-hydrogen) atoms. The average molecular weight is 279 g/mol. The van der Waals surface area contributed by atoms with E-state index in [1.54, 1.807) is 12.1 Å². The SMILES string of the molecule is O=C(C1=CCCC=C1)c1cc(Br)ccc1O. The van der Waals surface area contributed by atoms with Gasteiger partial charge in [0.15, 0.2) is 5.78 Å². The Kier molecular flexibility index (Phi) is 3.25. The number of aromatic hydroxyl groups is 1. The van der Waals surface area contributed by atoms with Crippen LogP contribution in [-0.4, -0.2) is 10.9 Å². The van der Waals surface area contributed by atoms with Crippen LogP contribution in [0, 0.1) is 0 Å². The zero-order valence-corrected chi connectivity index (χ0v) is 10.2. The molecule has 2 nitrogen and oxygen atoms in total. The predicted molar refractivity (Wildman–Crippen MR) is 66.6 cm³/mol. The standard InChI is InChI=1S/C13H11BrO2/c14-10-6-7-12(15)11(8-10)13(16)9-4-2-1-3-5-9/h2,4-8,15H,1,3H2. The number of benzene rings is 1. The van der Waals surface area contributed by atoms with E-state index in [1.807, 2.05) is 18.2 Å². The first-order valence-corrected chi connectivity index (χ1v) is 5.87. The molecule has 1 aliphatic rings. The van der Waals surface area contributed by atoms with Crippen LogP contribution in [0.1, 0.15) is 23.2 Å². The predicted octanol–water partition coefficient (Wildman–Crippen LogP) is 3.61. The zero-order chi connectivity index (χ0) is 11.5. The fourth-order valence-corrected chi connectivity index (χ4v) is 1.99. The van der Waals surface area contributed by atoms with Crippen LogP contribution >= 0.6 is 15.9 Å². The van der Waals surface area contributed by atoms with Gasteiger partial charge in [-0.25, -0.2) is 0 Å². The Hall–Kier alpha value is -1.35. The monoisotopic (exact) mass is 278 g/mol. The Morgan fingerprint density at radius 1 is 1.31 bits per heavy atom. The highest BCUT2D eigenvalue weighted by molar-refractivity contribution is 9.10. The number of carbonyl (C=O) groups excluding carboxylic acids is 1. The number of phenolic OH excluding ortho intramolecular Hbond substituents is 1. The Morgan fingerprint density at radius 3 is 2.81 bits per heavy atom. The number of ketones is 1. The van der Waals surface area contributed by atoms with E-state index in [0.29, 0.717) is 11.1 Å². The first-order valence-electron chi connectivity index (χ1n) is 5.08. The van der Waals surface area contributed by atoms with Crippen LogP contribution in [0.5, 0.6) is 5.75 Å². The van der Waals surface area contributed by atoms with E-state index in [1.165, 1.54) is 6.07 Å². The lowest BCUT2D eigenvalue weighted by Crippen LogP contribution is -2.03. The fraction of sp³-hybridized carbons (Fsp3) is 0.154. The van der Waals surface area contributed by atoms with Gasteiger partial charge in [0.05, 0.1) is 5.56 Å². The molecule has 1 aromatic rings. The van der Waals surface area contributed by atoms with Crippen LogP contribution in [0.25, 0.3) is 0 Å². The normalized spacial score (nSPS) is 14.7. The lowest BCUT2D eigenvalue weighted by Gasteiger charge is -2.07. The number of hydrogen-bond acceptors (Lipinski definition) is 2. The number of Topliss-reactive ketones (excluding diaryl/α,β-unsaturated/α-hetero) is 1. The molecule has 0 heterocycles. The molecule has 0 atom stereocenters. The van der Waals surface area contributed by atoms with Crippen molar-refractivity contribution in [3.05, 3.63) is 52.0 Å². The number of halogens is 1. The summed E-state index contributed by atoms with van der Waals surface area (Å²) < 4.78 is 0.786. The van der Waals surface area contributed by atoms with Crippen LogP contribution < -0.4 is 0 Å². The number of rotatable bonds is 2. The van der Waals surface area contributed by atoms with Crippen LogP contribution in [0.15, 0.2) is 46.5 Å². The van der Waals surface area contributed by atoms with Gasteiger partial charge >= 0.3 is 0 Å². The summed E-state index contributed by atoms with van der Waals surface area (Å²) in [7, 11) is 0. The average Bonchev–Trinajstić information content (AvgIpc) is 2.32. The van der Waals surface area contributed by atoms with Gasteiger partial charge in [0, 0.05) is 10.0 Å². The minimum absolute atomic E-state index is 0.0214. The first kappa shape index (κ1) is 11.1. The molecule has 0 aromatic heterocycles. The molecular weight excluding hydrogens is 268 g/mol. The Morgan fingerprint density at radius 2 is 2.12 bits per heavy atom. The van der Waals surface area contributed by atoms with Crippen LogP contribution in [0.4, 0.5) is 0 Å². The largest absolute Gasteiger partial charge is 0.507 e. The van der Waals surface area contributed by atoms with E-state index in [-0.39, 0.29) is 11.5 Å². The lowest BCUT2D eigenvalue weighted by atomic mass is 9.98. The second-order valence-electron chi connectivity index (χ2n) is 3.63. The van der Waals surface area contributed by atoms with Crippen molar-refractivity contribution in [2.45, 2.75) is 12.8 Å². The highest BCUT2D eigenvalue weighted by Crippen LogP contribution is 2.25. The second-order valence-corrected chi connectivity index (χ2v) is 4.55. The zero-order valence-electron chi connectivity index (χ0n) is 8.61. The minimum atomic E-state index is -0.130. The molecule has 0 amide bonds. The third-order valence-electron chi connectivity index (χ3n) is 2.46. The lowest BCUT2D eigenvalue weighted by molar-refractivity contribution is 0.103. The van der Waals surface area contributed by atoms with Crippen molar-refractivity contribution in [1.29, 1.82) is 0 Å². The quantitative estimate of drug-likeness (QED) is 0.839. The molecule has 0 fully saturated rings. The molecule has 1 N–H and O–H groups in total. The van der Waals surface area contributed by atoms with Crippen molar-refractivity contribution in [3.8, 4) is 5.75 Å². The molecule has 3 heteroatoms. The third kappa shape index (κ3) is 2.25. The van der Waals surface area contributed by atoms with Crippen molar-refractivity contribution in [1.82, 2.24) is 0 Å². The smallest absolute Gasteiger partial charge is 0.196 e. The van der Waals surface area contributed by atoms with E-state index >= 15 is 0 Å². The van der Waals surface area contributed by atoms with Gasteiger partial charge in [0.2, 0.25) is 0 Å². The summed E-state index contributed by atoms with van der Waals surface area (Å²) in [6, 6.07) is 4.86. The van der Waals surface area contributed by atoms with E-state index < -0.39 is 0 Å². The summed E-state index contributed by atoms with van der Waals surface area (Å²) >= 11 is 3.29. The Labute approximate surface area is 102 Å². The van der Waals surface area contributed by atoms with E-state index in [4.69, 9.17) is 0 Å². The van der Waals surface area contributed by atoms with E-state index in [9.17, 15) is 9.90 Å². The molecule has 0 saturated carbocycles. The molecule has 82 valence electrons. The van der Waals surface area contributed by atoms with Gasteiger partial charge in [0.1, 0.15) is 5.75 Å². The molecule has 0 radical (unpaired) electrons. The minimum Gasteiger partial charge on any atom is -0.507 e. The molecule has 0 aliphatic heterocycles. The van der Waals surface area contributed by atoms with Crippen molar-refractivity contribution in [3.63, 3.8) is 0 Å². The number of phenols is 1. The van der Waals surface area contributed by atoms with E-state index in [0.717, 1.165) is 17.3 Å². The summed E-state index contributed by atoms with van der Waals surface area (Å²) in [6.07, 6.45) is 7.55. The van der Waals surface area contributed by atoms with Crippen LogP contribution in [0.3, 0.4) is 0 Å². The maximum Gasteiger partial charge on any atom is 0.196 e. The summed E-state index contributed by atoms with van der Waals surface area (Å²) in [5.74, 6) is -0.108. The first-order chi connectivity index (χ1) is 7.68. The summed E-state index contributed by atoms with van der Waals surface area (Å²) in [5.41, 5.74) is 0.992. The summed E-state index contributed by atoms with van der Waals surface area (Å²) in [4.78, 5) is 12.1. The van der Waals surface area contributed by atoms with Crippen molar-refractivity contribution < 1.29 is 9.90 Å². The van der Waals surface area contributed by atoms with Gasteiger partial charge in [-0.3, -0.25) is 4.79 Å². The molecule has 0 saturated heterocycles. The number of carbonyl (C=O) groups is 1. The van der Waals surface area contributed by atoms with Crippen molar-refractivity contribution in [2.24, 2.45) is 0 Å². The topological polar surface area (TPSA) is 37.3 Å². The van der Waals surface area contributed by atoms with Gasteiger partial charge in [-0.05, 0) is 31.0 Å². The molecular formula is C13H11BrO2. The molecule has 0 spiro atoms. The molecule has 1 aromatic carbocycles. The molecule has 1 aliphatic carbocycles. The van der Waals surface area contributed by atoms with Crippen LogP contribution in [-0.2, 0) is 0 Å². The van der Waals surface area contributed by atoms with Gasteiger partial charge in [-0.1, -0.05) is 34.2 Å². The second kappa shape index (κ2) is 4.66. The van der Waals surface area contributed by atoms with E-state index in [2.05, 4.69) is 15.9 Å². The molecule has 0 unspecified atom stereocenters. The number of hydrogen-bond donors (Lipinski definition) is 1. The third-order valence-corrected chi connectivity index (χ3v) is 2.95. The van der Waals surface area contributed by atoms with Gasteiger partial charge < -0.3 is 5.11 Å². The number of allylic oxidation sites excluding steroid dienone is 4. The Balaban J connectivity index is 2.37. The Bertz CT molecular complexity index is 487. The van der Waals surface area contributed by atoms with Gasteiger partial charge in [0.25, 0.3) is 0 Å². The fourth-order valence-electron chi connectivity index (χ4n) is 1.63.